The molecule has 0 bridgehead atoms. The number of carbonyl (C=O) groups excluding carboxylic acids is 1. The van der Waals surface area contributed by atoms with Crippen molar-refractivity contribution in [3.63, 3.8) is 0 Å². The van der Waals surface area contributed by atoms with E-state index >= 15 is 0 Å². The van der Waals surface area contributed by atoms with Gasteiger partial charge in [-0.2, -0.15) is 0 Å². The first-order valence-corrected chi connectivity index (χ1v) is 11.3. The molecule has 1 saturated carbocycles. The predicted molar refractivity (Wildman–Crippen MR) is 114 cm³/mol. The highest BCUT2D eigenvalue weighted by Gasteiger charge is 2.31. The summed E-state index contributed by atoms with van der Waals surface area (Å²) in [5, 5.41) is 1.53. The SMILES string of the molecule is COC(=O)C(P)c1c(C)ccc(C2CC2)c1-c1ccc2c(c1)CCCP2. The number of rotatable bonds is 4. The summed E-state index contributed by atoms with van der Waals surface area (Å²) in [5.41, 5.74) is 7.40. The molecule has 4 heteroatoms. The van der Waals surface area contributed by atoms with Crippen LogP contribution in [0, 0.1) is 6.92 Å². The number of hydrogen-bond donors (Lipinski definition) is 0. The average molecular weight is 384 g/mol. The maximum absolute atomic E-state index is 12.3. The Morgan fingerprint density at radius 2 is 2.08 bits per heavy atom. The normalized spacial score (nSPS) is 18.4. The van der Waals surface area contributed by atoms with Gasteiger partial charge in [0.25, 0.3) is 0 Å². The molecule has 0 spiro atoms. The molecule has 136 valence electrons. The molecule has 26 heavy (non-hydrogen) atoms. The summed E-state index contributed by atoms with van der Waals surface area (Å²) < 4.78 is 5.06. The van der Waals surface area contributed by atoms with Gasteiger partial charge in [-0.25, -0.2) is 0 Å². The van der Waals surface area contributed by atoms with Crippen molar-refractivity contribution in [2.45, 2.75) is 44.2 Å². The minimum absolute atomic E-state index is 0.188. The third-order valence-corrected chi connectivity index (χ3v) is 7.69. The highest BCUT2D eigenvalue weighted by atomic mass is 31.1. The van der Waals surface area contributed by atoms with Gasteiger partial charge in [0.2, 0.25) is 0 Å². The number of carbonyl (C=O) groups is 1. The monoisotopic (exact) mass is 384 g/mol. The molecule has 2 aromatic rings. The molecule has 2 nitrogen and oxygen atoms in total. The Bertz CT molecular complexity index is 855. The Balaban J connectivity index is 1.91. The van der Waals surface area contributed by atoms with Gasteiger partial charge in [0.05, 0.1) is 12.8 Å². The fraction of sp³-hybridized carbons (Fsp3) is 0.409. The third kappa shape index (κ3) is 3.35. The lowest BCUT2D eigenvalue weighted by Gasteiger charge is -2.23. The number of fused-ring (bicyclic) bond motifs is 1. The molecule has 1 fully saturated rings. The third-order valence-electron chi connectivity index (χ3n) is 5.61. The Kier molecular flexibility index (Phi) is 5.18. The number of methoxy groups -OCH3 is 1. The number of ether oxygens (including phenoxy) is 1. The summed E-state index contributed by atoms with van der Waals surface area (Å²) >= 11 is 0. The second-order valence-corrected chi connectivity index (χ2v) is 9.50. The molecule has 0 amide bonds. The van der Waals surface area contributed by atoms with Gasteiger partial charge in [0.15, 0.2) is 0 Å². The second-order valence-electron chi connectivity index (χ2n) is 7.44. The molecular weight excluding hydrogens is 358 g/mol. The summed E-state index contributed by atoms with van der Waals surface area (Å²) in [4.78, 5) is 12.3. The molecule has 0 N–H and O–H groups in total. The fourth-order valence-corrected chi connectivity index (χ4v) is 5.89. The quantitative estimate of drug-likeness (QED) is 0.555. The molecule has 3 atom stereocenters. The highest BCUT2D eigenvalue weighted by molar-refractivity contribution is 7.47. The van der Waals surface area contributed by atoms with Crippen LogP contribution in [-0.4, -0.2) is 19.2 Å². The molecule has 0 aromatic heterocycles. The summed E-state index contributed by atoms with van der Waals surface area (Å²) in [6.45, 7) is 2.11. The largest absolute Gasteiger partial charge is 0.468 e. The van der Waals surface area contributed by atoms with Gasteiger partial charge >= 0.3 is 5.97 Å². The number of hydrogen-bond acceptors (Lipinski definition) is 2. The van der Waals surface area contributed by atoms with Crippen molar-refractivity contribution < 1.29 is 9.53 Å². The van der Waals surface area contributed by atoms with E-state index in [0.717, 1.165) is 19.7 Å². The Morgan fingerprint density at radius 3 is 2.81 bits per heavy atom. The van der Waals surface area contributed by atoms with E-state index in [4.69, 9.17) is 4.74 Å². The van der Waals surface area contributed by atoms with E-state index in [2.05, 4.69) is 46.5 Å². The Hall–Kier alpha value is -1.23. The molecule has 2 aromatic carbocycles. The molecule has 0 radical (unpaired) electrons. The number of benzene rings is 2. The first-order chi connectivity index (χ1) is 12.6. The number of esters is 1. The van der Waals surface area contributed by atoms with Crippen LogP contribution in [0.1, 0.15) is 53.1 Å². The van der Waals surface area contributed by atoms with Crippen molar-refractivity contribution in [2.75, 3.05) is 13.3 Å². The van der Waals surface area contributed by atoms with Crippen LogP contribution < -0.4 is 5.30 Å². The van der Waals surface area contributed by atoms with Crippen LogP contribution in [0.5, 0.6) is 0 Å². The van der Waals surface area contributed by atoms with E-state index < -0.39 is 0 Å². The van der Waals surface area contributed by atoms with Gasteiger partial charge < -0.3 is 4.74 Å². The zero-order chi connectivity index (χ0) is 18.3. The molecular formula is C22H26O2P2. The van der Waals surface area contributed by atoms with Gasteiger partial charge in [-0.1, -0.05) is 38.9 Å². The topological polar surface area (TPSA) is 26.3 Å². The lowest BCUT2D eigenvalue weighted by atomic mass is 9.86. The van der Waals surface area contributed by atoms with Crippen LogP contribution in [-0.2, 0) is 16.0 Å². The lowest BCUT2D eigenvalue weighted by Crippen LogP contribution is -2.13. The van der Waals surface area contributed by atoms with Crippen LogP contribution in [0.3, 0.4) is 0 Å². The average Bonchev–Trinajstić information content (AvgIpc) is 3.51. The van der Waals surface area contributed by atoms with Gasteiger partial charge in [0, 0.05) is 0 Å². The second kappa shape index (κ2) is 7.41. The summed E-state index contributed by atoms with van der Waals surface area (Å²) in [7, 11) is 5.12. The van der Waals surface area contributed by atoms with E-state index in [1.54, 1.807) is 0 Å². The van der Waals surface area contributed by atoms with Gasteiger partial charge in [-0.05, 0) is 83.4 Å². The maximum Gasteiger partial charge on any atom is 0.317 e. The minimum atomic E-state index is -0.327. The van der Waals surface area contributed by atoms with Crippen molar-refractivity contribution in [3.8, 4) is 11.1 Å². The van der Waals surface area contributed by atoms with E-state index in [9.17, 15) is 4.79 Å². The first-order valence-electron chi connectivity index (χ1n) is 9.44. The van der Waals surface area contributed by atoms with Gasteiger partial charge in [-0.15, -0.1) is 9.24 Å². The summed E-state index contributed by atoms with van der Waals surface area (Å²) in [6.07, 6.45) is 6.30. The van der Waals surface area contributed by atoms with Crippen molar-refractivity contribution >= 4 is 29.1 Å². The summed E-state index contributed by atoms with van der Waals surface area (Å²) in [6, 6.07) is 11.4. The van der Waals surface area contributed by atoms with Crippen molar-refractivity contribution in [3.05, 3.63) is 52.6 Å². The van der Waals surface area contributed by atoms with Crippen LogP contribution >= 0.6 is 17.8 Å². The summed E-state index contributed by atoms with van der Waals surface area (Å²) in [5.74, 6) is 0.448. The van der Waals surface area contributed by atoms with Gasteiger partial charge in [0.1, 0.15) is 0 Å². The lowest BCUT2D eigenvalue weighted by molar-refractivity contribution is -0.140. The first kappa shape index (κ1) is 18.1. The van der Waals surface area contributed by atoms with Crippen molar-refractivity contribution in [1.82, 2.24) is 0 Å². The zero-order valence-electron chi connectivity index (χ0n) is 15.5. The smallest absolute Gasteiger partial charge is 0.317 e. The van der Waals surface area contributed by atoms with Crippen LogP contribution in [0.25, 0.3) is 11.1 Å². The molecule has 1 aliphatic carbocycles. The van der Waals surface area contributed by atoms with Crippen LogP contribution in [0.4, 0.5) is 0 Å². The van der Waals surface area contributed by atoms with E-state index in [-0.39, 0.29) is 11.6 Å². The number of aryl methyl sites for hydroxylation is 2. The van der Waals surface area contributed by atoms with E-state index in [1.165, 1.54) is 66.5 Å². The Morgan fingerprint density at radius 1 is 1.27 bits per heavy atom. The van der Waals surface area contributed by atoms with Crippen LogP contribution in [0.2, 0.25) is 0 Å². The zero-order valence-corrected chi connectivity index (χ0v) is 17.6. The van der Waals surface area contributed by atoms with E-state index in [0.29, 0.717) is 5.92 Å². The molecule has 0 saturated heterocycles. The molecule has 1 heterocycles. The van der Waals surface area contributed by atoms with Crippen LogP contribution in [0.15, 0.2) is 30.3 Å². The van der Waals surface area contributed by atoms with Crippen molar-refractivity contribution in [1.29, 1.82) is 0 Å². The van der Waals surface area contributed by atoms with E-state index in [1.807, 2.05) is 0 Å². The van der Waals surface area contributed by atoms with Gasteiger partial charge in [-0.3, -0.25) is 4.79 Å². The fourth-order valence-electron chi connectivity index (χ4n) is 4.07. The standard InChI is InChI=1S/C22H26O2P2/c1-13-5-9-17(14-6-7-14)20(19(13)21(25)22(23)24-2)16-8-10-18-15(12-16)4-3-11-26-18/h5,8-10,12,14,21,26H,3-4,6-7,11,25H2,1-2H3. The highest BCUT2D eigenvalue weighted by Crippen LogP contribution is 2.48. The maximum atomic E-state index is 12.3. The molecule has 2 aliphatic rings. The minimum Gasteiger partial charge on any atom is -0.468 e. The molecule has 3 unspecified atom stereocenters. The predicted octanol–water partition coefficient (Wildman–Crippen LogP) is 4.88. The molecule has 4 rings (SSSR count). The Labute approximate surface area is 160 Å². The van der Waals surface area contributed by atoms with Crippen molar-refractivity contribution in [2.24, 2.45) is 0 Å². The molecule has 1 aliphatic heterocycles.